The molecule has 3 atom stereocenters. The number of imide groups is 1. The molecule has 0 bridgehead atoms. The molecule has 172 valence electrons. The van der Waals surface area contributed by atoms with Crippen LogP contribution in [0.2, 0.25) is 15.1 Å². The standard InChI is InChI=1S/C25H17Cl3N2O4/c26-15-6-4-13(5-7-15)22-25(19(12-21(31)29-22)14-2-1-3-16(27)10-14)18-9-8-17(28)11-20(18)30(23(25)32)24(33)34/h1-11,19,22H,12H2,(H,29,31)(H,33,34). The summed E-state index contributed by atoms with van der Waals surface area (Å²) in [7, 11) is 0. The van der Waals surface area contributed by atoms with Crippen LogP contribution in [0.3, 0.4) is 0 Å². The Hall–Kier alpha value is -3.06. The molecule has 3 aromatic rings. The van der Waals surface area contributed by atoms with Gasteiger partial charge in [0.25, 0.3) is 0 Å². The van der Waals surface area contributed by atoms with Gasteiger partial charge in [-0.2, -0.15) is 0 Å². The van der Waals surface area contributed by atoms with Crippen molar-refractivity contribution in [2.75, 3.05) is 4.90 Å². The fraction of sp³-hybridized carbons (Fsp3) is 0.160. The lowest BCUT2D eigenvalue weighted by molar-refractivity contribution is -0.132. The average Bonchev–Trinajstić information content (AvgIpc) is 3.04. The molecule has 3 unspecified atom stereocenters. The summed E-state index contributed by atoms with van der Waals surface area (Å²) < 4.78 is 0. The van der Waals surface area contributed by atoms with Gasteiger partial charge in [0.1, 0.15) is 5.41 Å². The van der Waals surface area contributed by atoms with Crippen LogP contribution in [0.4, 0.5) is 10.5 Å². The quantitative estimate of drug-likeness (QED) is 0.441. The minimum atomic E-state index is -1.47. The molecule has 3 amide bonds. The van der Waals surface area contributed by atoms with E-state index in [-0.39, 0.29) is 23.0 Å². The van der Waals surface area contributed by atoms with Crippen LogP contribution in [0.5, 0.6) is 0 Å². The van der Waals surface area contributed by atoms with Crippen molar-refractivity contribution in [3.05, 3.63) is 98.5 Å². The van der Waals surface area contributed by atoms with Gasteiger partial charge >= 0.3 is 6.09 Å². The maximum atomic E-state index is 14.2. The number of rotatable bonds is 2. The van der Waals surface area contributed by atoms with Crippen molar-refractivity contribution in [2.45, 2.75) is 23.8 Å². The Bertz CT molecular complexity index is 1340. The van der Waals surface area contributed by atoms with Crippen LogP contribution in [-0.4, -0.2) is 23.0 Å². The van der Waals surface area contributed by atoms with E-state index >= 15 is 0 Å². The minimum absolute atomic E-state index is 0.0360. The number of carbonyl (C=O) groups excluding carboxylic acids is 2. The molecular weight excluding hydrogens is 499 g/mol. The Morgan fingerprint density at radius 3 is 2.26 bits per heavy atom. The molecular formula is C25H17Cl3N2O4. The number of nitrogens with one attached hydrogen (secondary N) is 1. The lowest BCUT2D eigenvalue weighted by Gasteiger charge is -2.46. The number of hydrogen-bond donors (Lipinski definition) is 2. The molecule has 34 heavy (non-hydrogen) atoms. The predicted molar refractivity (Wildman–Crippen MR) is 130 cm³/mol. The topological polar surface area (TPSA) is 86.7 Å². The number of fused-ring (bicyclic) bond motifs is 2. The first kappa shape index (κ1) is 22.7. The largest absolute Gasteiger partial charge is 0.464 e. The molecule has 1 saturated heterocycles. The first-order valence-electron chi connectivity index (χ1n) is 10.4. The molecule has 1 spiro atoms. The van der Waals surface area contributed by atoms with Gasteiger partial charge in [0, 0.05) is 27.4 Å². The van der Waals surface area contributed by atoms with Crippen molar-refractivity contribution < 1.29 is 19.5 Å². The van der Waals surface area contributed by atoms with Gasteiger partial charge < -0.3 is 10.4 Å². The number of piperidine rings is 1. The summed E-state index contributed by atoms with van der Waals surface area (Å²) in [6, 6.07) is 17.6. The van der Waals surface area contributed by atoms with E-state index < -0.39 is 29.4 Å². The number of amides is 3. The smallest absolute Gasteiger partial charge is 0.418 e. The van der Waals surface area contributed by atoms with Crippen molar-refractivity contribution in [1.29, 1.82) is 0 Å². The Morgan fingerprint density at radius 1 is 0.912 bits per heavy atom. The van der Waals surface area contributed by atoms with Gasteiger partial charge in [-0.25, -0.2) is 9.69 Å². The zero-order chi connectivity index (χ0) is 24.2. The lowest BCUT2D eigenvalue weighted by atomic mass is 9.59. The van der Waals surface area contributed by atoms with Crippen LogP contribution in [0.25, 0.3) is 0 Å². The SMILES string of the molecule is O=C1CC(c2cccc(Cl)c2)C2(C(=O)N(C(=O)O)c3cc(Cl)ccc32)C(c2ccc(Cl)cc2)N1. The number of nitrogens with zero attached hydrogens (tertiary/aromatic N) is 1. The van der Waals surface area contributed by atoms with E-state index in [0.717, 1.165) is 4.90 Å². The highest BCUT2D eigenvalue weighted by Gasteiger charge is 2.64. The van der Waals surface area contributed by atoms with Crippen LogP contribution >= 0.6 is 34.8 Å². The van der Waals surface area contributed by atoms with Crippen LogP contribution in [0.15, 0.2) is 66.7 Å². The summed E-state index contributed by atoms with van der Waals surface area (Å²) in [4.78, 5) is 40.2. The molecule has 5 rings (SSSR count). The third-order valence-electron chi connectivity index (χ3n) is 6.55. The molecule has 0 radical (unpaired) electrons. The molecule has 1 fully saturated rings. The molecule has 2 heterocycles. The molecule has 9 heteroatoms. The highest BCUT2D eigenvalue weighted by atomic mass is 35.5. The van der Waals surface area contributed by atoms with E-state index in [1.54, 1.807) is 60.7 Å². The van der Waals surface area contributed by atoms with Gasteiger partial charge in [0.05, 0.1) is 11.7 Å². The second kappa shape index (κ2) is 8.31. The van der Waals surface area contributed by atoms with Gasteiger partial charge in [-0.15, -0.1) is 0 Å². The van der Waals surface area contributed by atoms with Crippen molar-refractivity contribution in [3.63, 3.8) is 0 Å². The van der Waals surface area contributed by atoms with E-state index in [9.17, 15) is 19.5 Å². The second-order valence-electron chi connectivity index (χ2n) is 8.32. The third-order valence-corrected chi connectivity index (χ3v) is 7.27. The van der Waals surface area contributed by atoms with Crippen LogP contribution in [0.1, 0.15) is 35.1 Å². The van der Waals surface area contributed by atoms with E-state index in [4.69, 9.17) is 34.8 Å². The third kappa shape index (κ3) is 3.36. The number of hydrogen-bond acceptors (Lipinski definition) is 3. The van der Waals surface area contributed by atoms with Gasteiger partial charge in [-0.3, -0.25) is 9.59 Å². The summed E-state index contributed by atoms with van der Waals surface area (Å²) in [5, 5.41) is 14.2. The predicted octanol–water partition coefficient (Wildman–Crippen LogP) is 5.95. The van der Waals surface area contributed by atoms with Crippen LogP contribution in [-0.2, 0) is 15.0 Å². The average molecular weight is 516 g/mol. The van der Waals surface area contributed by atoms with Crippen LogP contribution in [0, 0.1) is 0 Å². The second-order valence-corrected chi connectivity index (χ2v) is 9.63. The number of benzene rings is 3. The molecule has 2 N–H and O–H groups in total. The first-order chi connectivity index (χ1) is 16.2. The normalized spacial score (nSPS) is 23.7. The fourth-order valence-electron chi connectivity index (χ4n) is 5.24. The van der Waals surface area contributed by atoms with E-state index in [1.165, 1.54) is 6.07 Å². The number of carboxylic acid groups (broad SMARTS) is 1. The Kier molecular flexibility index (Phi) is 5.55. The Balaban J connectivity index is 1.86. The highest BCUT2D eigenvalue weighted by Crippen LogP contribution is 2.59. The lowest BCUT2D eigenvalue weighted by Crippen LogP contribution is -2.58. The maximum Gasteiger partial charge on any atom is 0.418 e. The summed E-state index contributed by atoms with van der Waals surface area (Å²) in [5.41, 5.74) is 0.445. The number of anilines is 1. The fourth-order valence-corrected chi connectivity index (χ4v) is 5.73. The van der Waals surface area contributed by atoms with Gasteiger partial charge in [-0.1, -0.05) is 65.1 Å². The molecule has 2 aliphatic heterocycles. The Morgan fingerprint density at radius 2 is 1.59 bits per heavy atom. The maximum absolute atomic E-state index is 14.2. The number of halogens is 3. The van der Waals surface area contributed by atoms with Crippen molar-refractivity contribution >= 4 is 58.4 Å². The molecule has 6 nitrogen and oxygen atoms in total. The van der Waals surface area contributed by atoms with Gasteiger partial charge in [-0.05, 0) is 53.1 Å². The molecule has 3 aromatic carbocycles. The van der Waals surface area contributed by atoms with Crippen molar-refractivity contribution in [1.82, 2.24) is 5.32 Å². The summed E-state index contributed by atoms with van der Waals surface area (Å²) in [6.45, 7) is 0. The first-order valence-corrected chi connectivity index (χ1v) is 11.5. The van der Waals surface area contributed by atoms with Crippen molar-refractivity contribution in [3.8, 4) is 0 Å². The number of carbonyl (C=O) groups is 3. The monoisotopic (exact) mass is 514 g/mol. The molecule has 2 aliphatic rings. The summed E-state index contributed by atoms with van der Waals surface area (Å²) >= 11 is 18.6. The van der Waals surface area contributed by atoms with E-state index in [0.29, 0.717) is 26.7 Å². The summed E-state index contributed by atoms with van der Waals surface area (Å²) in [6.07, 6.45) is -1.46. The zero-order valence-corrected chi connectivity index (χ0v) is 19.7. The van der Waals surface area contributed by atoms with Crippen molar-refractivity contribution in [2.24, 2.45) is 0 Å². The molecule has 0 saturated carbocycles. The van der Waals surface area contributed by atoms with Crippen LogP contribution < -0.4 is 10.2 Å². The van der Waals surface area contributed by atoms with Gasteiger partial charge in [0.15, 0.2) is 0 Å². The summed E-state index contributed by atoms with van der Waals surface area (Å²) in [5.74, 6) is -1.63. The minimum Gasteiger partial charge on any atom is -0.464 e. The Labute approximate surface area is 210 Å². The molecule has 0 aliphatic carbocycles. The van der Waals surface area contributed by atoms with E-state index in [2.05, 4.69) is 5.32 Å². The molecule has 0 aromatic heterocycles. The zero-order valence-electron chi connectivity index (χ0n) is 17.5. The highest BCUT2D eigenvalue weighted by molar-refractivity contribution is 6.32. The van der Waals surface area contributed by atoms with E-state index in [1.807, 2.05) is 0 Å². The van der Waals surface area contributed by atoms with Gasteiger partial charge in [0.2, 0.25) is 11.8 Å².